The predicted molar refractivity (Wildman–Crippen MR) is 133 cm³/mol. The van der Waals surface area contributed by atoms with E-state index >= 15 is 0 Å². The Hall–Kier alpha value is -4.21. The zero-order valence-electron chi connectivity index (χ0n) is 20.3. The summed E-state index contributed by atoms with van der Waals surface area (Å²) >= 11 is 0. The maximum Gasteiger partial charge on any atom is 0.322 e. The minimum atomic E-state index is -0.209. The molecule has 10 nitrogen and oxygen atoms in total. The second-order valence-electron chi connectivity index (χ2n) is 7.78. The summed E-state index contributed by atoms with van der Waals surface area (Å²) in [7, 11) is 6.35. The molecule has 3 aromatic rings. The van der Waals surface area contributed by atoms with Crippen molar-refractivity contribution >= 4 is 17.5 Å². The number of ether oxygens (including phenoxy) is 4. The van der Waals surface area contributed by atoms with Crippen LogP contribution in [0.15, 0.2) is 48.5 Å². The molecule has 0 radical (unpaired) electrons. The number of benzene rings is 2. The van der Waals surface area contributed by atoms with Crippen molar-refractivity contribution in [2.75, 3.05) is 64.8 Å². The van der Waals surface area contributed by atoms with Crippen molar-refractivity contribution in [2.45, 2.75) is 0 Å². The van der Waals surface area contributed by atoms with Crippen molar-refractivity contribution in [2.24, 2.45) is 0 Å². The number of rotatable bonds is 7. The monoisotopic (exact) mass is 479 g/mol. The summed E-state index contributed by atoms with van der Waals surface area (Å²) in [5, 5.41) is 11.7. The molecule has 0 spiro atoms. The minimum absolute atomic E-state index is 0.209. The van der Waals surface area contributed by atoms with E-state index in [1.807, 2.05) is 36.4 Å². The van der Waals surface area contributed by atoms with Gasteiger partial charge in [0.25, 0.3) is 0 Å². The van der Waals surface area contributed by atoms with E-state index in [1.165, 1.54) is 0 Å². The highest BCUT2D eigenvalue weighted by atomic mass is 16.5. The van der Waals surface area contributed by atoms with Crippen molar-refractivity contribution < 1.29 is 23.7 Å². The van der Waals surface area contributed by atoms with Gasteiger partial charge in [0.15, 0.2) is 5.82 Å². The lowest BCUT2D eigenvalue weighted by atomic mass is 10.1. The molecule has 0 saturated carbocycles. The van der Waals surface area contributed by atoms with Gasteiger partial charge in [-0.05, 0) is 42.5 Å². The summed E-state index contributed by atoms with van der Waals surface area (Å²) in [6.45, 7) is 2.34. The summed E-state index contributed by atoms with van der Waals surface area (Å²) < 4.78 is 21.5. The summed E-state index contributed by atoms with van der Waals surface area (Å²) in [5.74, 6) is 3.24. The number of hydrogen-bond acceptors (Lipinski definition) is 8. The molecule has 4 rings (SSSR count). The zero-order chi connectivity index (χ0) is 24.8. The number of nitrogens with one attached hydrogen (secondary N) is 1. The lowest BCUT2D eigenvalue weighted by molar-refractivity contribution is 0.207. The first-order valence-corrected chi connectivity index (χ1v) is 11.2. The van der Waals surface area contributed by atoms with Gasteiger partial charge in [-0.3, -0.25) is 0 Å². The molecule has 1 aliphatic heterocycles. The number of nitrogens with zero attached hydrogens (tertiary/aromatic N) is 4. The van der Waals surface area contributed by atoms with Gasteiger partial charge in [0, 0.05) is 31.7 Å². The molecule has 1 aromatic heterocycles. The van der Waals surface area contributed by atoms with Gasteiger partial charge in [-0.1, -0.05) is 6.07 Å². The van der Waals surface area contributed by atoms with Crippen LogP contribution in [0.2, 0.25) is 0 Å². The number of anilines is 2. The van der Waals surface area contributed by atoms with Crippen LogP contribution in [0.5, 0.6) is 23.0 Å². The fraction of sp³-hybridized carbons (Fsp3) is 0.320. The fourth-order valence-corrected chi connectivity index (χ4v) is 3.95. The van der Waals surface area contributed by atoms with E-state index in [9.17, 15) is 4.79 Å². The highest BCUT2D eigenvalue weighted by molar-refractivity contribution is 5.93. The van der Waals surface area contributed by atoms with E-state index in [4.69, 9.17) is 18.9 Å². The number of hydrogen-bond donors (Lipinski definition) is 1. The largest absolute Gasteiger partial charge is 0.497 e. The molecule has 1 fully saturated rings. The van der Waals surface area contributed by atoms with Crippen molar-refractivity contribution in [3.8, 4) is 34.3 Å². The molecule has 0 bridgehead atoms. The van der Waals surface area contributed by atoms with E-state index in [-0.39, 0.29) is 6.03 Å². The summed E-state index contributed by atoms with van der Waals surface area (Å²) in [6, 6.07) is 14.5. The number of urea groups is 1. The first kappa shape index (κ1) is 23.9. The van der Waals surface area contributed by atoms with Gasteiger partial charge in [0.1, 0.15) is 28.7 Å². The summed E-state index contributed by atoms with van der Waals surface area (Å²) in [6.07, 6.45) is 0. The molecule has 10 heteroatoms. The second-order valence-corrected chi connectivity index (χ2v) is 7.78. The number of aromatic nitrogens is 2. The van der Waals surface area contributed by atoms with Crippen LogP contribution in [0.3, 0.4) is 0 Å². The molecule has 2 heterocycles. The standard InChI is InChI=1S/C25H29N5O5/c1-32-17-8-10-20(33-2)18(16-17)19-9-11-23(28-27-19)29-12-14-30(15-13-29)25(31)26-24-21(34-3)6-5-7-22(24)35-4/h5-11,16H,12-15H2,1-4H3,(H,26,31). The van der Waals surface area contributed by atoms with E-state index in [0.717, 1.165) is 11.4 Å². The molecule has 2 aromatic carbocycles. The summed E-state index contributed by atoms with van der Waals surface area (Å²) in [4.78, 5) is 16.8. The van der Waals surface area contributed by atoms with Crippen LogP contribution in [0.25, 0.3) is 11.3 Å². The van der Waals surface area contributed by atoms with Gasteiger partial charge in [-0.2, -0.15) is 0 Å². The highest BCUT2D eigenvalue weighted by Crippen LogP contribution is 2.35. The molecular weight excluding hydrogens is 450 g/mol. The van der Waals surface area contributed by atoms with Crippen LogP contribution >= 0.6 is 0 Å². The van der Waals surface area contributed by atoms with E-state index < -0.39 is 0 Å². The molecule has 1 N–H and O–H groups in total. The molecule has 0 unspecified atom stereocenters. The molecule has 184 valence electrons. The highest BCUT2D eigenvalue weighted by Gasteiger charge is 2.24. The average Bonchev–Trinajstić information content (AvgIpc) is 2.92. The maximum absolute atomic E-state index is 12.9. The number of carbonyl (C=O) groups excluding carboxylic acids is 1. The SMILES string of the molecule is COc1ccc(OC)c(-c2ccc(N3CCN(C(=O)Nc4c(OC)cccc4OC)CC3)nn2)c1. The number of methoxy groups -OCH3 is 4. The van der Waals surface area contributed by atoms with Crippen molar-refractivity contribution in [1.29, 1.82) is 0 Å². The molecular formula is C25H29N5O5. The number of para-hydroxylation sites is 1. The van der Waals surface area contributed by atoms with Gasteiger partial charge in [-0.15, -0.1) is 10.2 Å². The second kappa shape index (κ2) is 10.8. The van der Waals surface area contributed by atoms with Crippen LogP contribution in [0.4, 0.5) is 16.3 Å². The number of piperazine rings is 1. The van der Waals surface area contributed by atoms with Gasteiger partial charge in [0.05, 0.1) is 34.1 Å². The van der Waals surface area contributed by atoms with Gasteiger partial charge in [0.2, 0.25) is 0 Å². The predicted octanol–water partition coefficient (Wildman–Crippen LogP) is 3.53. The normalized spacial score (nSPS) is 13.3. The van der Waals surface area contributed by atoms with Crippen molar-refractivity contribution in [3.63, 3.8) is 0 Å². The van der Waals surface area contributed by atoms with Gasteiger partial charge < -0.3 is 34.1 Å². The smallest absolute Gasteiger partial charge is 0.322 e. The zero-order valence-corrected chi connectivity index (χ0v) is 20.3. The van der Waals surface area contributed by atoms with Gasteiger partial charge >= 0.3 is 6.03 Å². The first-order valence-electron chi connectivity index (χ1n) is 11.2. The third-order valence-corrected chi connectivity index (χ3v) is 5.88. The van der Waals surface area contributed by atoms with E-state index in [1.54, 1.807) is 45.5 Å². The van der Waals surface area contributed by atoms with Crippen LogP contribution in [0, 0.1) is 0 Å². The lowest BCUT2D eigenvalue weighted by Crippen LogP contribution is -2.50. The third kappa shape index (κ3) is 5.16. The molecule has 35 heavy (non-hydrogen) atoms. The number of carbonyl (C=O) groups is 1. The Kier molecular flexibility index (Phi) is 7.39. The topological polar surface area (TPSA) is 98.3 Å². The Balaban J connectivity index is 1.40. The fourth-order valence-electron chi connectivity index (χ4n) is 3.95. The minimum Gasteiger partial charge on any atom is -0.497 e. The van der Waals surface area contributed by atoms with Crippen molar-refractivity contribution in [3.05, 3.63) is 48.5 Å². The Labute approximate surface area is 204 Å². The van der Waals surface area contributed by atoms with Crippen LogP contribution in [-0.2, 0) is 0 Å². The van der Waals surface area contributed by atoms with E-state index in [2.05, 4.69) is 20.4 Å². The first-order chi connectivity index (χ1) is 17.1. The molecule has 0 aliphatic carbocycles. The summed E-state index contributed by atoms with van der Waals surface area (Å²) in [5.41, 5.74) is 2.01. The van der Waals surface area contributed by atoms with E-state index in [0.29, 0.717) is 60.6 Å². The molecule has 1 aliphatic rings. The Morgan fingerprint density at radius 3 is 2.06 bits per heavy atom. The molecule has 1 saturated heterocycles. The Bertz CT molecular complexity index is 1140. The lowest BCUT2D eigenvalue weighted by Gasteiger charge is -2.35. The maximum atomic E-state index is 12.9. The molecule has 2 amide bonds. The quantitative estimate of drug-likeness (QED) is 0.550. The number of amides is 2. The Morgan fingerprint density at radius 2 is 1.49 bits per heavy atom. The Morgan fingerprint density at radius 1 is 0.800 bits per heavy atom. The average molecular weight is 480 g/mol. The van der Waals surface area contributed by atoms with Crippen molar-refractivity contribution in [1.82, 2.24) is 15.1 Å². The third-order valence-electron chi connectivity index (χ3n) is 5.88. The molecule has 0 atom stereocenters. The van der Waals surface area contributed by atoms with Crippen LogP contribution < -0.4 is 29.2 Å². The van der Waals surface area contributed by atoms with Crippen LogP contribution in [-0.4, -0.2) is 75.7 Å². The van der Waals surface area contributed by atoms with Gasteiger partial charge in [-0.25, -0.2) is 4.79 Å². The van der Waals surface area contributed by atoms with Crippen LogP contribution in [0.1, 0.15) is 0 Å².